The van der Waals surface area contributed by atoms with Gasteiger partial charge in [0.25, 0.3) is 0 Å². The van der Waals surface area contributed by atoms with Crippen LogP contribution in [0.15, 0.2) is 60.8 Å². The van der Waals surface area contributed by atoms with E-state index in [1.807, 2.05) is 30.3 Å². The van der Waals surface area contributed by atoms with Crippen molar-refractivity contribution in [2.24, 2.45) is 0 Å². The maximum absolute atomic E-state index is 9.41. The van der Waals surface area contributed by atoms with Gasteiger partial charge in [-0.05, 0) is 61.7 Å². The molecule has 0 N–H and O–H groups in total. The van der Waals surface area contributed by atoms with Crippen molar-refractivity contribution < 1.29 is 4.74 Å². The normalized spacial score (nSPS) is 21.4. The van der Waals surface area contributed by atoms with Gasteiger partial charge in [0, 0.05) is 44.0 Å². The summed E-state index contributed by atoms with van der Waals surface area (Å²) < 4.78 is 7.42. The molecule has 2 fully saturated rings. The first-order valence-corrected chi connectivity index (χ1v) is 11.4. The van der Waals surface area contributed by atoms with E-state index in [9.17, 15) is 5.26 Å². The number of rotatable bonds is 5. The van der Waals surface area contributed by atoms with Gasteiger partial charge in [-0.3, -0.25) is 9.58 Å². The summed E-state index contributed by atoms with van der Waals surface area (Å²) in [6.45, 7) is 4.05. The molecule has 0 bridgehead atoms. The SMILES string of the molecule is COc1ccc(-c2ccn(C3CCC(N4CCN(c5ccccc5C#N)CC4)C3)n2)cc1. The lowest BCUT2D eigenvalue weighted by Gasteiger charge is -2.39. The fourth-order valence-corrected chi connectivity index (χ4v) is 5.14. The first-order valence-electron chi connectivity index (χ1n) is 11.4. The molecule has 1 saturated heterocycles. The molecule has 6 nitrogen and oxygen atoms in total. The summed E-state index contributed by atoms with van der Waals surface area (Å²) in [7, 11) is 1.69. The Morgan fingerprint density at radius 3 is 2.44 bits per heavy atom. The van der Waals surface area contributed by atoms with Crippen LogP contribution in [0.1, 0.15) is 30.9 Å². The molecule has 2 aromatic carbocycles. The Bertz CT molecular complexity index is 1090. The van der Waals surface area contributed by atoms with Gasteiger partial charge < -0.3 is 9.64 Å². The van der Waals surface area contributed by atoms with Gasteiger partial charge in [0.15, 0.2) is 0 Å². The highest BCUT2D eigenvalue weighted by molar-refractivity contribution is 5.60. The van der Waals surface area contributed by atoms with E-state index in [0.717, 1.165) is 60.9 Å². The topological polar surface area (TPSA) is 57.3 Å². The van der Waals surface area contributed by atoms with Gasteiger partial charge in [-0.2, -0.15) is 10.4 Å². The van der Waals surface area contributed by atoms with Gasteiger partial charge in [0.2, 0.25) is 0 Å². The van der Waals surface area contributed by atoms with Gasteiger partial charge >= 0.3 is 0 Å². The number of nitriles is 1. The molecule has 1 aliphatic carbocycles. The average Bonchev–Trinajstić information content (AvgIpc) is 3.54. The molecule has 0 radical (unpaired) electrons. The van der Waals surface area contributed by atoms with Crippen LogP contribution in [-0.4, -0.2) is 54.0 Å². The Morgan fingerprint density at radius 1 is 0.938 bits per heavy atom. The fraction of sp³-hybridized carbons (Fsp3) is 0.385. The Balaban J connectivity index is 1.19. The highest BCUT2D eigenvalue weighted by Crippen LogP contribution is 2.34. The first kappa shape index (κ1) is 20.6. The molecule has 2 aliphatic rings. The third kappa shape index (κ3) is 4.09. The van der Waals surface area contributed by atoms with Crippen LogP contribution in [0.5, 0.6) is 5.75 Å². The molecular weight excluding hydrogens is 398 g/mol. The summed E-state index contributed by atoms with van der Waals surface area (Å²) in [5.74, 6) is 0.864. The number of hydrogen-bond donors (Lipinski definition) is 0. The Kier molecular flexibility index (Phi) is 5.83. The van der Waals surface area contributed by atoms with Crippen molar-refractivity contribution in [1.82, 2.24) is 14.7 Å². The maximum atomic E-state index is 9.41. The third-order valence-electron chi connectivity index (χ3n) is 6.94. The van der Waals surface area contributed by atoms with E-state index < -0.39 is 0 Å². The van der Waals surface area contributed by atoms with Crippen LogP contribution >= 0.6 is 0 Å². The number of hydrogen-bond acceptors (Lipinski definition) is 5. The molecule has 2 unspecified atom stereocenters. The lowest BCUT2D eigenvalue weighted by atomic mass is 10.1. The Morgan fingerprint density at radius 2 is 1.69 bits per heavy atom. The molecule has 1 aliphatic heterocycles. The van der Waals surface area contributed by atoms with E-state index in [1.54, 1.807) is 7.11 Å². The second kappa shape index (κ2) is 9.05. The number of para-hydroxylation sites is 1. The highest BCUT2D eigenvalue weighted by atomic mass is 16.5. The van der Waals surface area contributed by atoms with Crippen LogP contribution in [0.25, 0.3) is 11.3 Å². The number of benzene rings is 2. The van der Waals surface area contributed by atoms with E-state index in [0.29, 0.717) is 12.1 Å². The largest absolute Gasteiger partial charge is 0.497 e. The number of ether oxygens (including phenoxy) is 1. The van der Waals surface area contributed by atoms with Crippen LogP contribution < -0.4 is 9.64 Å². The van der Waals surface area contributed by atoms with E-state index in [4.69, 9.17) is 9.84 Å². The van der Waals surface area contributed by atoms with Crippen LogP contribution in [0.2, 0.25) is 0 Å². The monoisotopic (exact) mass is 427 g/mol. The van der Waals surface area contributed by atoms with Gasteiger partial charge in [0.05, 0.1) is 30.1 Å². The van der Waals surface area contributed by atoms with Crippen LogP contribution in [0, 0.1) is 11.3 Å². The molecule has 32 heavy (non-hydrogen) atoms. The molecule has 2 atom stereocenters. The van der Waals surface area contributed by atoms with E-state index >= 15 is 0 Å². The lowest BCUT2D eigenvalue weighted by Crippen LogP contribution is -2.50. The number of methoxy groups -OCH3 is 1. The molecule has 0 amide bonds. The number of anilines is 1. The summed E-state index contributed by atoms with van der Waals surface area (Å²) in [5, 5.41) is 14.3. The predicted octanol–water partition coefficient (Wildman–Crippen LogP) is 4.35. The minimum Gasteiger partial charge on any atom is -0.497 e. The van der Waals surface area contributed by atoms with Crippen molar-refractivity contribution in [3.63, 3.8) is 0 Å². The van der Waals surface area contributed by atoms with Crippen LogP contribution in [-0.2, 0) is 0 Å². The van der Waals surface area contributed by atoms with Crippen molar-refractivity contribution in [3.05, 3.63) is 66.4 Å². The number of piperazine rings is 1. The van der Waals surface area contributed by atoms with Crippen LogP contribution in [0.3, 0.4) is 0 Å². The Labute approximate surface area is 189 Å². The van der Waals surface area contributed by atoms with Crippen molar-refractivity contribution in [3.8, 4) is 23.1 Å². The number of aromatic nitrogens is 2. The minimum absolute atomic E-state index is 0.462. The summed E-state index contributed by atoms with van der Waals surface area (Å²) in [5.41, 5.74) is 3.98. The molecule has 5 rings (SSSR count). The summed E-state index contributed by atoms with van der Waals surface area (Å²) in [6.07, 6.45) is 5.67. The fourth-order valence-electron chi connectivity index (χ4n) is 5.14. The summed E-state index contributed by atoms with van der Waals surface area (Å²) >= 11 is 0. The van der Waals surface area contributed by atoms with E-state index in [2.05, 4.69) is 51.0 Å². The first-order chi connectivity index (χ1) is 15.7. The second-order valence-corrected chi connectivity index (χ2v) is 8.68. The zero-order valence-electron chi connectivity index (χ0n) is 18.5. The molecule has 0 spiro atoms. The highest BCUT2D eigenvalue weighted by Gasteiger charge is 2.32. The molecule has 6 heteroatoms. The smallest absolute Gasteiger partial charge is 0.118 e. The zero-order chi connectivity index (χ0) is 21.9. The zero-order valence-corrected chi connectivity index (χ0v) is 18.5. The molecule has 3 aromatic rings. The summed E-state index contributed by atoms with van der Waals surface area (Å²) in [4.78, 5) is 5.00. The average molecular weight is 428 g/mol. The van der Waals surface area contributed by atoms with Gasteiger partial charge in [-0.25, -0.2) is 0 Å². The van der Waals surface area contributed by atoms with Crippen molar-refractivity contribution >= 4 is 5.69 Å². The van der Waals surface area contributed by atoms with Gasteiger partial charge in [0.1, 0.15) is 11.8 Å². The molecule has 2 heterocycles. The van der Waals surface area contributed by atoms with E-state index in [-0.39, 0.29) is 0 Å². The summed E-state index contributed by atoms with van der Waals surface area (Å²) in [6, 6.07) is 21.5. The van der Waals surface area contributed by atoms with E-state index in [1.165, 1.54) is 12.8 Å². The van der Waals surface area contributed by atoms with Crippen molar-refractivity contribution in [2.45, 2.75) is 31.3 Å². The van der Waals surface area contributed by atoms with Crippen LogP contribution in [0.4, 0.5) is 5.69 Å². The standard InChI is InChI=1S/C26H29N5O/c1-32-24-10-6-20(7-11-24)25-12-13-31(28-25)23-9-8-22(18-23)29-14-16-30(17-15-29)26-5-3-2-4-21(26)19-27/h2-7,10-13,22-23H,8-9,14-18H2,1H3. The van der Waals surface area contributed by atoms with Gasteiger partial charge in [-0.1, -0.05) is 12.1 Å². The maximum Gasteiger partial charge on any atom is 0.118 e. The molecule has 1 saturated carbocycles. The minimum atomic E-state index is 0.462. The molecule has 1 aromatic heterocycles. The van der Waals surface area contributed by atoms with Gasteiger partial charge in [-0.15, -0.1) is 0 Å². The van der Waals surface area contributed by atoms with Crippen molar-refractivity contribution in [1.29, 1.82) is 5.26 Å². The van der Waals surface area contributed by atoms with Crippen molar-refractivity contribution in [2.75, 3.05) is 38.2 Å². The quantitative estimate of drug-likeness (QED) is 0.606. The molecule has 164 valence electrons. The number of nitrogens with zero attached hydrogens (tertiary/aromatic N) is 5. The lowest BCUT2D eigenvalue weighted by molar-refractivity contribution is 0.183. The molecular formula is C26H29N5O. The second-order valence-electron chi connectivity index (χ2n) is 8.68. The third-order valence-corrected chi connectivity index (χ3v) is 6.94. The Hall–Kier alpha value is -3.30. The predicted molar refractivity (Wildman–Crippen MR) is 126 cm³/mol.